The summed E-state index contributed by atoms with van der Waals surface area (Å²) in [7, 11) is 1.61. The van der Waals surface area contributed by atoms with Crippen molar-refractivity contribution in [2.45, 2.75) is 6.61 Å². The van der Waals surface area contributed by atoms with Crippen LogP contribution in [0.2, 0.25) is 0 Å². The standard InChI is InChI=1S/C22H20O4/c1-24-19-13-11-17(12-14-19)15-26-22(23)16-25-21-10-6-5-9-20(21)18-7-3-2-4-8-18/h2-14H,15-16H2,1H3. The van der Waals surface area contributed by atoms with E-state index >= 15 is 0 Å². The number of carbonyl (C=O) groups is 1. The zero-order valence-electron chi connectivity index (χ0n) is 14.6. The summed E-state index contributed by atoms with van der Waals surface area (Å²) in [5, 5.41) is 0. The van der Waals surface area contributed by atoms with E-state index in [1.54, 1.807) is 7.11 Å². The van der Waals surface area contributed by atoms with E-state index in [0.29, 0.717) is 5.75 Å². The lowest BCUT2D eigenvalue weighted by atomic mass is 10.1. The van der Waals surface area contributed by atoms with Gasteiger partial charge in [0.1, 0.15) is 18.1 Å². The molecule has 132 valence electrons. The molecule has 0 aromatic heterocycles. The minimum Gasteiger partial charge on any atom is -0.497 e. The van der Waals surface area contributed by atoms with Crippen molar-refractivity contribution in [3.05, 3.63) is 84.4 Å². The van der Waals surface area contributed by atoms with E-state index in [9.17, 15) is 4.79 Å². The Bertz CT molecular complexity index is 842. The van der Waals surface area contributed by atoms with E-state index in [2.05, 4.69) is 0 Å². The fraction of sp³-hybridized carbons (Fsp3) is 0.136. The van der Waals surface area contributed by atoms with Crippen LogP contribution in [-0.4, -0.2) is 19.7 Å². The SMILES string of the molecule is COc1ccc(COC(=O)COc2ccccc2-c2ccccc2)cc1. The fourth-order valence-electron chi connectivity index (χ4n) is 2.51. The monoisotopic (exact) mass is 348 g/mol. The number of methoxy groups -OCH3 is 1. The van der Waals surface area contributed by atoms with Crippen molar-refractivity contribution in [1.29, 1.82) is 0 Å². The van der Waals surface area contributed by atoms with Crippen molar-refractivity contribution in [2.75, 3.05) is 13.7 Å². The van der Waals surface area contributed by atoms with E-state index in [1.807, 2.05) is 78.9 Å². The van der Waals surface area contributed by atoms with Gasteiger partial charge in [0.25, 0.3) is 0 Å². The second-order valence-corrected chi connectivity index (χ2v) is 5.66. The Morgan fingerprint density at radius 1 is 0.846 bits per heavy atom. The quantitative estimate of drug-likeness (QED) is 0.590. The Morgan fingerprint density at radius 2 is 1.54 bits per heavy atom. The molecule has 0 saturated heterocycles. The number of rotatable bonds is 7. The van der Waals surface area contributed by atoms with Gasteiger partial charge in [0.2, 0.25) is 0 Å². The van der Waals surface area contributed by atoms with Gasteiger partial charge in [0.15, 0.2) is 6.61 Å². The number of hydrogen-bond acceptors (Lipinski definition) is 4. The molecule has 0 aliphatic heterocycles. The summed E-state index contributed by atoms with van der Waals surface area (Å²) >= 11 is 0. The van der Waals surface area contributed by atoms with Crippen LogP contribution in [0.4, 0.5) is 0 Å². The molecule has 0 unspecified atom stereocenters. The Morgan fingerprint density at radius 3 is 2.27 bits per heavy atom. The zero-order valence-corrected chi connectivity index (χ0v) is 14.6. The minimum absolute atomic E-state index is 0.139. The van der Waals surface area contributed by atoms with E-state index < -0.39 is 5.97 Å². The average Bonchev–Trinajstić information content (AvgIpc) is 2.72. The highest BCUT2D eigenvalue weighted by molar-refractivity contribution is 5.73. The minimum atomic E-state index is -0.413. The number of para-hydroxylation sites is 1. The van der Waals surface area contributed by atoms with Gasteiger partial charge >= 0.3 is 5.97 Å². The highest BCUT2D eigenvalue weighted by Crippen LogP contribution is 2.29. The predicted octanol–water partition coefficient (Wildman–Crippen LogP) is 4.48. The molecule has 0 aliphatic carbocycles. The topological polar surface area (TPSA) is 44.8 Å². The van der Waals surface area contributed by atoms with Gasteiger partial charge in [-0.05, 0) is 29.3 Å². The number of benzene rings is 3. The first-order valence-electron chi connectivity index (χ1n) is 8.32. The zero-order chi connectivity index (χ0) is 18.2. The molecular weight excluding hydrogens is 328 g/mol. The van der Waals surface area contributed by atoms with Gasteiger partial charge in [-0.3, -0.25) is 0 Å². The number of carbonyl (C=O) groups excluding carboxylic acids is 1. The number of esters is 1. The van der Waals surface area contributed by atoms with Crippen LogP contribution in [0.1, 0.15) is 5.56 Å². The van der Waals surface area contributed by atoms with E-state index in [-0.39, 0.29) is 13.2 Å². The van der Waals surface area contributed by atoms with Gasteiger partial charge < -0.3 is 14.2 Å². The molecule has 0 fully saturated rings. The third kappa shape index (κ3) is 4.63. The first kappa shape index (κ1) is 17.5. The summed E-state index contributed by atoms with van der Waals surface area (Å²) in [4.78, 5) is 12.0. The molecule has 0 heterocycles. The van der Waals surface area contributed by atoms with Crippen LogP contribution in [0.25, 0.3) is 11.1 Å². The van der Waals surface area contributed by atoms with Crippen molar-refractivity contribution in [3.63, 3.8) is 0 Å². The molecule has 0 spiro atoms. The van der Waals surface area contributed by atoms with Gasteiger partial charge in [0.05, 0.1) is 7.11 Å². The lowest BCUT2D eigenvalue weighted by Crippen LogP contribution is -2.15. The molecule has 3 aromatic carbocycles. The van der Waals surface area contributed by atoms with Gasteiger partial charge in [-0.15, -0.1) is 0 Å². The van der Waals surface area contributed by atoms with Crippen molar-refractivity contribution in [3.8, 4) is 22.6 Å². The average molecular weight is 348 g/mol. The maximum Gasteiger partial charge on any atom is 0.344 e. The van der Waals surface area contributed by atoms with Crippen LogP contribution < -0.4 is 9.47 Å². The predicted molar refractivity (Wildman–Crippen MR) is 100 cm³/mol. The largest absolute Gasteiger partial charge is 0.497 e. The van der Waals surface area contributed by atoms with Gasteiger partial charge in [-0.25, -0.2) is 4.79 Å². The number of hydrogen-bond donors (Lipinski definition) is 0. The van der Waals surface area contributed by atoms with Crippen LogP contribution in [0.3, 0.4) is 0 Å². The van der Waals surface area contributed by atoms with Crippen LogP contribution in [-0.2, 0) is 16.1 Å². The molecule has 3 rings (SSSR count). The highest BCUT2D eigenvalue weighted by Gasteiger charge is 2.09. The third-order valence-corrected chi connectivity index (χ3v) is 3.88. The van der Waals surface area contributed by atoms with Crippen LogP contribution in [0.5, 0.6) is 11.5 Å². The Labute approximate surface area is 153 Å². The first-order valence-corrected chi connectivity index (χ1v) is 8.32. The Balaban J connectivity index is 1.56. The summed E-state index contributed by atoms with van der Waals surface area (Å²) in [5.74, 6) is 1.00. The molecule has 0 atom stereocenters. The lowest BCUT2D eigenvalue weighted by Gasteiger charge is -2.11. The van der Waals surface area contributed by atoms with Crippen molar-refractivity contribution in [2.24, 2.45) is 0 Å². The molecule has 0 N–H and O–H groups in total. The maximum absolute atomic E-state index is 12.0. The van der Waals surface area contributed by atoms with E-state index in [0.717, 1.165) is 22.4 Å². The molecule has 4 nitrogen and oxygen atoms in total. The maximum atomic E-state index is 12.0. The molecule has 0 radical (unpaired) electrons. The van der Waals surface area contributed by atoms with Crippen molar-refractivity contribution in [1.82, 2.24) is 0 Å². The fourth-order valence-corrected chi connectivity index (χ4v) is 2.51. The van der Waals surface area contributed by atoms with E-state index in [4.69, 9.17) is 14.2 Å². The van der Waals surface area contributed by atoms with Gasteiger partial charge in [0, 0.05) is 5.56 Å². The molecule has 0 aliphatic rings. The van der Waals surface area contributed by atoms with E-state index in [1.165, 1.54) is 0 Å². The van der Waals surface area contributed by atoms with Crippen LogP contribution in [0.15, 0.2) is 78.9 Å². The van der Waals surface area contributed by atoms with Crippen LogP contribution >= 0.6 is 0 Å². The molecule has 4 heteroatoms. The third-order valence-electron chi connectivity index (χ3n) is 3.88. The van der Waals surface area contributed by atoms with Crippen molar-refractivity contribution < 1.29 is 19.0 Å². The summed E-state index contributed by atoms with van der Waals surface area (Å²) < 4.78 is 16.1. The summed E-state index contributed by atoms with van der Waals surface area (Å²) in [5.41, 5.74) is 2.87. The molecule has 0 amide bonds. The van der Waals surface area contributed by atoms with Crippen molar-refractivity contribution >= 4 is 5.97 Å². The second kappa shape index (κ2) is 8.72. The molecule has 0 bridgehead atoms. The molecule has 26 heavy (non-hydrogen) atoms. The summed E-state index contributed by atoms with van der Waals surface area (Å²) in [6, 6.07) is 24.9. The highest BCUT2D eigenvalue weighted by atomic mass is 16.6. The number of ether oxygens (including phenoxy) is 3. The smallest absolute Gasteiger partial charge is 0.344 e. The van der Waals surface area contributed by atoms with Gasteiger partial charge in [-0.1, -0.05) is 60.7 Å². The first-order chi connectivity index (χ1) is 12.8. The molecule has 3 aromatic rings. The summed E-state index contributed by atoms with van der Waals surface area (Å²) in [6.45, 7) is 0.0620. The molecular formula is C22H20O4. The second-order valence-electron chi connectivity index (χ2n) is 5.66. The Hall–Kier alpha value is -3.27. The van der Waals surface area contributed by atoms with Gasteiger partial charge in [-0.2, -0.15) is 0 Å². The lowest BCUT2D eigenvalue weighted by molar-refractivity contribution is -0.147. The Kier molecular flexibility index (Phi) is 5.88. The normalized spacial score (nSPS) is 10.2. The molecule has 0 saturated carbocycles. The van der Waals surface area contributed by atoms with Crippen LogP contribution in [0, 0.1) is 0 Å². The summed E-state index contributed by atoms with van der Waals surface area (Å²) in [6.07, 6.45) is 0.